The molecule has 102 valence electrons. The number of benzene rings is 1. The number of hydrogen-bond acceptors (Lipinski definition) is 3. The molecule has 0 aliphatic carbocycles. The van der Waals surface area contributed by atoms with Crippen LogP contribution >= 0.6 is 0 Å². The van der Waals surface area contributed by atoms with Crippen molar-refractivity contribution in [2.45, 2.75) is 25.8 Å². The van der Waals surface area contributed by atoms with Gasteiger partial charge in [0.25, 0.3) is 5.91 Å². The third-order valence-corrected chi connectivity index (χ3v) is 3.14. The molecule has 0 saturated carbocycles. The summed E-state index contributed by atoms with van der Waals surface area (Å²) in [4.78, 5) is 25.3. The van der Waals surface area contributed by atoms with E-state index in [4.69, 9.17) is 5.11 Å². The number of nitrogens with zero attached hydrogens (tertiary/aromatic N) is 1. The average Bonchev–Trinajstić information content (AvgIpc) is 2.85. The Hall–Kier alpha value is -1.88. The lowest BCUT2D eigenvalue weighted by molar-refractivity contribution is -0.117. The molecule has 5 heteroatoms. The maximum absolute atomic E-state index is 11.9. The van der Waals surface area contributed by atoms with E-state index < -0.39 is 0 Å². The summed E-state index contributed by atoms with van der Waals surface area (Å²) in [5.41, 5.74) is 1.25. The van der Waals surface area contributed by atoms with Gasteiger partial charge in [-0.05, 0) is 31.5 Å². The third-order valence-electron chi connectivity index (χ3n) is 3.14. The number of carbonyl (C=O) groups excluding carboxylic acids is 2. The van der Waals surface area contributed by atoms with Crippen molar-refractivity contribution in [1.29, 1.82) is 0 Å². The van der Waals surface area contributed by atoms with E-state index >= 15 is 0 Å². The highest BCUT2D eigenvalue weighted by molar-refractivity contribution is 5.99. The lowest BCUT2D eigenvalue weighted by Gasteiger charge is -2.17. The number of aliphatic hydroxyl groups is 1. The van der Waals surface area contributed by atoms with Gasteiger partial charge < -0.3 is 15.3 Å². The maximum atomic E-state index is 11.9. The van der Waals surface area contributed by atoms with Crippen molar-refractivity contribution in [2.75, 3.05) is 18.1 Å². The highest BCUT2D eigenvalue weighted by Crippen LogP contribution is 2.22. The van der Waals surface area contributed by atoms with Gasteiger partial charge in [0, 0.05) is 30.3 Å². The Morgan fingerprint density at radius 2 is 2.32 bits per heavy atom. The summed E-state index contributed by atoms with van der Waals surface area (Å²) in [7, 11) is 0. The molecule has 2 N–H and O–H groups in total. The number of hydrogen-bond donors (Lipinski definition) is 2. The number of anilines is 1. The molecule has 19 heavy (non-hydrogen) atoms. The normalized spacial score (nSPS) is 16.5. The Kier molecular flexibility index (Phi) is 4.16. The van der Waals surface area contributed by atoms with Crippen molar-refractivity contribution in [1.82, 2.24) is 5.32 Å². The van der Waals surface area contributed by atoms with E-state index in [0.717, 1.165) is 12.1 Å². The average molecular weight is 262 g/mol. The molecule has 1 atom stereocenters. The van der Waals surface area contributed by atoms with E-state index in [1.807, 2.05) is 6.07 Å². The van der Waals surface area contributed by atoms with Gasteiger partial charge in [-0.1, -0.05) is 6.07 Å². The molecule has 1 aliphatic rings. The van der Waals surface area contributed by atoms with Gasteiger partial charge >= 0.3 is 0 Å². The summed E-state index contributed by atoms with van der Waals surface area (Å²) in [5.74, 6) is -0.142. The third kappa shape index (κ3) is 3.12. The monoisotopic (exact) mass is 262 g/mol. The number of carbonyl (C=O) groups is 2. The molecular formula is C14H18N2O3. The topological polar surface area (TPSA) is 69.6 Å². The highest BCUT2D eigenvalue weighted by Gasteiger charge is 2.22. The first-order chi connectivity index (χ1) is 9.11. The second-order valence-corrected chi connectivity index (χ2v) is 4.76. The van der Waals surface area contributed by atoms with Crippen molar-refractivity contribution in [2.24, 2.45) is 0 Å². The Morgan fingerprint density at radius 1 is 1.53 bits per heavy atom. The zero-order chi connectivity index (χ0) is 13.8. The molecule has 5 nitrogen and oxygen atoms in total. The van der Waals surface area contributed by atoms with Gasteiger partial charge in [-0.25, -0.2) is 0 Å². The summed E-state index contributed by atoms with van der Waals surface area (Å²) in [6, 6.07) is 6.71. The Morgan fingerprint density at radius 3 is 2.95 bits per heavy atom. The van der Waals surface area contributed by atoms with Crippen molar-refractivity contribution < 1.29 is 14.7 Å². The van der Waals surface area contributed by atoms with E-state index in [-0.39, 0.29) is 24.5 Å². The quantitative estimate of drug-likeness (QED) is 0.848. The molecule has 1 saturated heterocycles. The van der Waals surface area contributed by atoms with Crippen LogP contribution in [-0.4, -0.2) is 36.1 Å². The Labute approximate surface area is 112 Å². The van der Waals surface area contributed by atoms with Crippen molar-refractivity contribution in [3.05, 3.63) is 29.8 Å². The van der Waals surface area contributed by atoms with Gasteiger partial charge in [0.1, 0.15) is 0 Å². The molecule has 1 fully saturated rings. The highest BCUT2D eigenvalue weighted by atomic mass is 16.3. The summed E-state index contributed by atoms with van der Waals surface area (Å²) < 4.78 is 0. The van der Waals surface area contributed by atoms with E-state index in [2.05, 4.69) is 5.32 Å². The molecule has 1 heterocycles. The van der Waals surface area contributed by atoms with Crippen LogP contribution in [0.4, 0.5) is 5.69 Å². The van der Waals surface area contributed by atoms with Gasteiger partial charge in [0.05, 0.1) is 6.61 Å². The number of rotatable bonds is 4. The van der Waals surface area contributed by atoms with Crippen LogP contribution in [-0.2, 0) is 4.79 Å². The van der Waals surface area contributed by atoms with Crippen molar-refractivity contribution >= 4 is 17.5 Å². The summed E-state index contributed by atoms with van der Waals surface area (Å²) in [5, 5.41) is 11.6. The fraction of sp³-hybridized carbons (Fsp3) is 0.429. The maximum Gasteiger partial charge on any atom is 0.251 e. The second kappa shape index (κ2) is 5.84. The van der Waals surface area contributed by atoms with E-state index in [0.29, 0.717) is 18.5 Å². The minimum absolute atomic E-state index is 0.0984. The van der Waals surface area contributed by atoms with Crippen molar-refractivity contribution in [3.63, 3.8) is 0 Å². The van der Waals surface area contributed by atoms with Gasteiger partial charge in [-0.2, -0.15) is 0 Å². The lowest BCUT2D eigenvalue weighted by Crippen LogP contribution is -2.35. The summed E-state index contributed by atoms with van der Waals surface area (Å²) >= 11 is 0. The molecule has 1 aromatic carbocycles. The van der Waals surface area contributed by atoms with Gasteiger partial charge in [-0.15, -0.1) is 0 Å². The molecule has 0 spiro atoms. The molecule has 0 unspecified atom stereocenters. The zero-order valence-corrected chi connectivity index (χ0v) is 10.9. The van der Waals surface area contributed by atoms with Crippen LogP contribution in [0.1, 0.15) is 30.1 Å². The largest absolute Gasteiger partial charge is 0.394 e. The zero-order valence-electron chi connectivity index (χ0n) is 10.9. The summed E-state index contributed by atoms with van der Waals surface area (Å²) in [6.45, 7) is 2.33. The van der Waals surface area contributed by atoms with Crippen LogP contribution in [0.2, 0.25) is 0 Å². The number of nitrogens with one attached hydrogen (secondary N) is 1. The van der Waals surface area contributed by atoms with Crippen molar-refractivity contribution in [3.8, 4) is 0 Å². The first-order valence-electron chi connectivity index (χ1n) is 6.44. The Bertz CT molecular complexity index is 487. The first-order valence-corrected chi connectivity index (χ1v) is 6.44. The van der Waals surface area contributed by atoms with Gasteiger partial charge in [-0.3, -0.25) is 9.59 Å². The fourth-order valence-corrected chi connectivity index (χ4v) is 2.09. The smallest absolute Gasteiger partial charge is 0.251 e. The Balaban J connectivity index is 2.15. The summed E-state index contributed by atoms with van der Waals surface area (Å²) in [6.07, 6.45) is 1.43. The van der Waals surface area contributed by atoms with E-state index in [9.17, 15) is 9.59 Å². The predicted octanol–water partition coefficient (Wildman–Crippen LogP) is 0.924. The van der Waals surface area contributed by atoms with Crippen LogP contribution in [0.15, 0.2) is 24.3 Å². The second-order valence-electron chi connectivity index (χ2n) is 4.76. The fourth-order valence-electron chi connectivity index (χ4n) is 2.09. The first kappa shape index (κ1) is 13.5. The molecule has 1 aliphatic heterocycles. The number of amides is 2. The van der Waals surface area contributed by atoms with E-state index in [1.165, 1.54) is 0 Å². The van der Waals surface area contributed by atoms with Crippen LogP contribution in [0, 0.1) is 0 Å². The van der Waals surface area contributed by atoms with Crippen LogP contribution in [0.3, 0.4) is 0 Å². The number of aliphatic hydroxyl groups excluding tert-OH is 1. The molecule has 0 aromatic heterocycles. The van der Waals surface area contributed by atoms with E-state index in [1.54, 1.807) is 30.0 Å². The molecular weight excluding hydrogens is 244 g/mol. The molecule has 1 aromatic rings. The van der Waals surface area contributed by atoms with Crippen LogP contribution < -0.4 is 10.2 Å². The molecule has 0 bridgehead atoms. The molecule has 2 rings (SSSR count). The lowest BCUT2D eigenvalue weighted by atomic mass is 10.1. The molecule has 2 amide bonds. The predicted molar refractivity (Wildman–Crippen MR) is 72.0 cm³/mol. The minimum Gasteiger partial charge on any atom is -0.394 e. The van der Waals surface area contributed by atoms with Gasteiger partial charge in [0.2, 0.25) is 5.91 Å². The van der Waals surface area contributed by atoms with Crippen LogP contribution in [0.5, 0.6) is 0 Å². The van der Waals surface area contributed by atoms with Gasteiger partial charge in [0.15, 0.2) is 0 Å². The standard InChI is InChI=1S/C14H18N2O3/c1-10(9-17)15-14(19)11-4-2-5-12(8-11)16-7-3-6-13(16)18/h2,4-5,8,10,17H,3,6-7,9H2,1H3,(H,15,19)/t10-/m0/s1. The SMILES string of the molecule is C[C@@H](CO)NC(=O)c1cccc(N2CCCC2=O)c1. The minimum atomic E-state index is -0.287. The van der Waals surface area contributed by atoms with Crippen LogP contribution in [0.25, 0.3) is 0 Å². The molecule has 0 radical (unpaired) electrons.